The van der Waals surface area contributed by atoms with Crippen LogP contribution in [-0.4, -0.2) is 74.1 Å². The summed E-state index contributed by atoms with van der Waals surface area (Å²) in [6.45, 7) is 2.15. The van der Waals surface area contributed by atoms with Crippen LogP contribution in [0, 0.1) is 0 Å². The molecule has 45 heavy (non-hydrogen) atoms. The van der Waals surface area contributed by atoms with Gasteiger partial charge in [-0.3, -0.25) is 19.2 Å². The Balaban J connectivity index is 1.42. The van der Waals surface area contributed by atoms with Gasteiger partial charge in [0.15, 0.2) is 0 Å². The van der Waals surface area contributed by atoms with E-state index in [1.54, 1.807) is 29.1 Å². The molecule has 5 rings (SSSR count). The Morgan fingerprint density at radius 3 is 2.56 bits per heavy atom. The summed E-state index contributed by atoms with van der Waals surface area (Å²) in [4.78, 5) is 53.9. The van der Waals surface area contributed by atoms with Crippen molar-refractivity contribution < 1.29 is 29.0 Å². The number of benzene rings is 2. The number of hydrogen-bond acceptors (Lipinski definition) is 8. The van der Waals surface area contributed by atoms with Gasteiger partial charge < -0.3 is 31.1 Å². The van der Waals surface area contributed by atoms with E-state index in [1.165, 1.54) is 6.92 Å². The van der Waals surface area contributed by atoms with Gasteiger partial charge in [-0.2, -0.15) is 0 Å². The number of nitrogens with one attached hydrogen (secondary N) is 4. The van der Waals surface area contributed by atoms with Gasteiger partial charge in [0.25, 0.3) is 0 Å². The quantitative estimate of drug-likeness (QED) is 0.283. The summed E-state index contributed by atoms with van der Waals surface area (Å²) in [5, 5.41) is 29.9. The maximum absolute atomic E-state index is 13.7. The fourth-order valence-electron chi connectivity index (χ4n) is 5.72. The lowest BCUT2D eigenvalue weighted by molar-refractivity contribution is -0.138. The molecule has 3 atom stereocenters. The largest absolute Gasteiger partial charge is 0.492 e. The number of ether oxygens (including phenoxy) is 1. The lowest BCUT2D eigenvalue weighted by Gasteiger charge is -2.32. The molecule has 1 fully saturated rings. The first-order chi connectivity index (χ1) is 21.7. The number of fused-ring (bicyclic) bond motifs is 4. The highest BCUT2D eigenvalue weighted by atomic mass is 16.5. The normalized spacial score (nSPS) is 22.1. The van der Waals surface area contributed by atoms with Crippen molar-refractivity contribution in [2.45, 2.75) is 82.3 Å². The van der Waals surface area contributed by atoms with Gasteiger partial charge >= 0.3 is 0 Å². The van der Waals surface area contributed by atoms with Gasteiger partial charge in [-0.1, -0.05) is 60.5 Å². The predicted molar refractivity (Wildman–Crippen MR) is 163 cm³/mol. The Labute approximate surface area is 261 Å². The van der Waals surface area contributed by atoms with Gasteiger partial charge in [0.2, 0.25) is 23.6 Å². The standard InChI is InChI=1S/C32H39N7O6/c1-21(40)28-30(43)34-26(17-22-8-3-2-4-9-22)29(42)33-19-24-20-39(38-37-24)14-15-45-25-11-7-10-23(16-25)18-27(41)36-32(31(44)35-28)12-5-6-13-32/h2-4,7-11,16,20-21,26,28,40H,5-6,12-15,17-19H2,1H3,(H,33,42)(H,34,43)(H,35,44)(H,36,41)/t21-,26-,28+/m1/s1. The van der Waals surface area contributed by atoms with Crippen molar-refractivity contribution in [1.29, 1.82) is 0 Å². The zero-order valence-corrected chi connectivity index (χ0v) is 25.2. The van der Waals surface area contributed by atoms with Crippen molar-refractivity contribution in [3.63, 3.8) is 0 Å². The topological polar surface area (TPSA) is 177 Å². The molecule has 2 heterocycles. The molecule has 4 bridgehead atoms. The fraction of sp³-hybridized carbons (Fsp3) is 0.438. The maximum atomic E-state index is 13.7. The van der Waals surface area contributed by atoms with Crippen LogP contribution in [0.5, 0.6) is 5.75 Å². The number of hydrogen-bond donors (Lipinski definition) is 5. The Bertz CT molecular complexity index is 1500. The molecule has 13 nitrogen and oxygen atoms in total. The molecule has 4 amide bonds. The molecule has 2 aliphatic rings. The summed E-state index contributed by atoms with van der Waals surface area (Å²) in [5.74, 6) is -1.51. The molecule has 13 heteroatoms. The average molecular weight is 618 g/mol. The van der Waals surface area contributed by atoms with Crippen LogP contribution in [0.2, 0.25) is 0 Å². The highest BCUT2D eigenvalue weighted by Gasteiger charge is 2.44. The molecule has 0 radical (unpaired) electrons. The van der Waals surface area contributed by atoms with Gasteiger partial charge in [-0.25, -0.2) is 4.68 Å². The van der Waals surface area contributed by atoms with Crippen molar-refractivity contribution in [3.05, 3.63) is 77.6 Å². The first-order valence-electron chi connectivity index (χ1n) is 15.2. The molecule has 2 aromatic carbocycles. The van der Waals surface area contributed by atoms with Gasteiger partial charge in [0.05, 0.1) is 31.8 Å². The minimum Gasteiger partial charge on any atom is -0.492 e. The minimum atomic E-state index is -1.37. The fourth-order valence-corrected chi connectivity index (χ4v) is 5.72. The van der Waals surface area contributed by atoms with Crippen LogP contribution in [-0.2, 0) is 45.1 Å². The second-order valence-corrected chi connectivity index (χ2v) is 11.6. The lowest BCUT2D eigenvalue weighted by Crippen LogP contribution is -2.64. The number of rotatable bonds is 3. The van der Waals surface area contributed by atoms with Gasteiger partial charge in [-0.15, -0.1) is 5.10 Å². The zero-order valence-electron chi connectivity index (χ0n) is 25.2. The number of aromatic nitrogens is 3. The van der Waals surface area contributed by atoms with E-state index in [4.69, 9.17) is 4.74 Å². The van der Waals surface area contributed by atoms with E-state index in [9.17, 15) is 24.3 Å². The number of carbonyl (C=O) groups is 4. The second-order valence-electron chi connectivity index (χ2n) is 11.6. The van der Waals surface area contributed by atoms with Crippen molar-refractivity contribution >= 4 is 23.6 Å². The first-order valence-corrected chi connectivity index (χ1v) is 15.2. The average Bonchev–Trinajstić information content (AvgIpc) is 3.68. The Morgan fingerprint density at radius 1 is 1.02 bits per heavy atom. The summed E-state index contributed by atoms with van der Waals surface area (Å²) >= 11 is 0. The maximum Gasteiger partial charge on any atom is 0.246 e. The van der Waals surface area contributed by atoms with Crippen molar-refractivity contribution in [2.24, 2.45) is 0 Å². The smallest absolute Gasteiger partial charge is 0.246 e. The molecule has 1 spiro atoms. The second kappa shape index (κ2) is 14.3. The van der Waals surface area contributed by atoms with Crippen molar-refractivity contribution in [2.75, 3.05) is 6.61 Å². The van der Waals surface area contributed by atoms with Crippen LogP contribution in [0.3, 0.4) is 0 Å². The third kappa shape index (κ3) is 8.24. The van der Waals surface area contributed by atoms with Crippen LogP contribution in [0.1, 0.15) is 49.4 Å². The molecular formula is C32H39N7O6. The third-order valence-corrected chi connectivity index (χ3v) is 8.12. The molecule has 5 N–H and O–H groups in total. The SMILES string of the molecule is C[C@@H](O)[C@@H]1NC(=O)C2(CCCC2)NC(=O)Cc2cccc(c2)OCCn2cc(nn2)CNC(=O)[C@@H](Cc2ccccc2)NC1=O. The molecule has 3 aromatic rings. The van der Waals surface area contributed by atoms with E-state index >= 15 is 0 Å². The molecule has 1 aliphatic heterocycles. The van der Waals surface area contributed by atoms with Gasteiger partial charge in [0, 0.05) is 6.42 Å². The summed E-state index contributed by atoms with van der Waals surface area (Å²) in [6.07, 6.45) is 2.82. The zero-order chi connectivity index (χ0) is 31.8. The van der Waals surface area contributed by atoms with Crippen LogP contribution in [0.25, 0.3) is 0 Å². The van der Waals surface area contributed by atoms with E-state index < -0.39 is 41.4 Å². The number of aliphatic hydroxyl groups is 1. The third-order valence-electron chi connectivity index (χ3n) is 8.12. The first kappa shape index (κ1) is 31.6. The van der Waals surface area contributed by atoms with Crippen LogP contribution in [0.4, 0.5) is 0 Å². The van der Waals surface area contributed by atoms with Gasteiger partial charge in [-0.05, 0) is 43.0 Å². The Kier molecular flexibility index (Phi) is 10.1. The lowest BCUT2D eigenvalue weighted by atomic mass is 9.94. The summed E-state index contributed by atoms with van der Waals surface area (Å²) in [6, 6.07) is 14.0. The Hall–Kier alpha value is -4.78. The number of carbonyl (C=O) groups excluding carboxylic acids is 4. The van der Waals surface area contributed by atoms with Crippen LogP contribution in [0.15, 0.2) is 60.8 Å². The molecule has 1 saturated carbocycles. The minimum absolute atomic E-state index is 0.0231. The molecule has 0 unspecified atom stereocenters. The van der Waals surface area contributed by atoms with Gasteiger partial charge in [0.1, 0.15) is 35.7 Å². The molecule has 238 valence electrons. The van der Waals surface area contributed by atoms with E-state index in [0.29, 0.717) is 55.8 Å². The molecule has 0 saturated heterocycles. The monoisotopic (exact) mass is 617 g/mol. The van der Waals surface area contributed by atoms with Crippen LogP contribution < -0.4 is 26.0 Å². The van der Waals surface area contributed by atoms with E-state index in [2.05, 4.69) is 31.6 Å². The van der Waals surface area contributed by atoms with Crippen LogP contribution >= 0.6 is 0 Å². The molecular weight excluding hydrogens is 578 g/mol. The Morgan fingerprint density at radius 2 is 1.80 bits per heavy atom. The van der Waals surface area contributed by atoms with Crippen molar-refractivity contribution in [1.82, 2.24) is 36.3 Å². The predicted octanol–water partition coefficient (Wildman–Crippen LogP) is 0.552. The molecule has 1 aliphatic carbocycles. The van der Waals surface area contributed by atoms with Crippen molar-refractivity contribution in [3.8, 4) is 5.75 Å². The summed E-state index contributed by atoms with van der Waals surface area (Å²) in [5.41, 5.74) is 0.801. The highest BCUT2D eigenvalue weighted by Crippen LogP contribution is 2.30. The number of amides is 4. The van der Waals surface area contributed by atoms with E-state index in [1.807, 2.05) is 36.4 Å². The summed E-state index contributed by atoms with van der Waals surface area (Å²) in [7, 11) is 0. The number of aliphatic hydroxyl groups excluding tert-OH is 1. The molecule has 1 aromatic heterocycles. The summed E-state index contributed by atoms with van der Waals surface area (Å²) < 4.78 is 7.49. The van der Waals surface area contributed by atoms with E-state index in [-0.39, 0.29) is 25.3 Å². The van der Waals surface area contributed by atoms with E-state index in [0.717, 1.165) is 5.56 Å². The number of nitrogens with zero attached hydrogens (tertiary/aromatic N) is 3. The highest BCUT2D eigenvalue weighted by molar-refractivity contribution is 5.97.